The van der Waals surface area contributed by atoms with Crippen LogP contribution in [0.15, 0.2) is 17.5 Å². The molecule has 7 heteroatoms. The highest BCUT2D eigenvalue weighted by Gasteiger charge is 2.14. The summed E-state index contributed by atoms with van der Waals surface area (Å²) in [5.41, 5.74) is 0. The van der Waals surface area contributed by atoms with Gasteiger partial charge in [0.05, 0.1) is 18.8 Å². The normalized spacial score (nSPS) is 13.3. The summed E-state index contributed by atoms with van der Waals surface area (Å²) in [4.78, 5) is 12.6. The minimum absolute atomic E-state index is 0.0520. The maximum absolute atomic E-state index is 11.5. The van der Waals surface area contributed by atoms with Gasteiger partial charge in [0.1, 0.15) is 0 Å². The largest absolute Gasteiger partial charge is 0.347 e. The number of hydrogen-bond donors (Lipinski definition) is 2. The van der Waals surface area contributed by atoms with Crippen LogP contribution in [0.3, 0.4) is 0 Å². The standard InChI is InChI=1S/C10H16N2O3S2/c1-3-8(9-5-4-6-16-9)12-10(13)7-11-17(2,14)15/h4-6,8,11H,3,7H2,1-2H3,(H,12,13). The lowest BCUT2D eigenvalue weighted by Crippen LogP contribution is -2.37. The summed E-state index contributed by atoms with van der Waals surface area (Å²) in [5, 5.41) is 4.73. The number of nitrogens with one attached hydrogen (secondary N) is 2. The molecular formula is C10H16N2O3S2. The van der Waals surface area contributed by atoms with Gasteiger partial charge in [-0.2, -0.15) is 0 Å². The van der Waals surface area contributed by atoms with Crippen molar-refractivity contribution in [2.24, 2.45) is 0 Å². The first-order chi connectivity index (χ1) is 7.92. The van der Waals surface area contributed by atoms with Crippen LogP contribution >= 0.6 is 11.3 Å². The number of thiophene rings is 1. The Morgan fingerprint density at radius 1 is 1.53 bits per heavy atom. The van der Waals surface area contributed by atoms with Gasteiger partial charge in [0, 0.05) is 4.88 Å². The van der Waals surface area contributed by atoms with E-state index in [9.17, 15) is 13.2 Å². The zero-order valence-corrected chi connectivity index (χ0v) is 11.4. The monoisotopic (exact) mass is 276 g/mol. The second kappa shape index (κ2) is 6.13. The summed E-state index contributed by atoms with van der Waals surface area (Å²) in [6, 6.07) is 3.82. The van der Waals surface area contributed by atoms with Gasteiger partial charge < -0.3 is 5.32 Å². The molecule has 0 saturated heterocycles. The van der Waals surface area contributed by atoms with Crippen LogP contribution in [-0.2, 0) is 14.8 Å². The highest BCUT2D eigenvalue weighted by atomic mass is 32.2. The Morgan fingerprint density at radius 3 is 2.71 bits per heavy atom. The number of amides is 1. The lowest BCUT2D eigenvalue weighted by molar-refractivity contribution is -0.120. The quantitative estimate of drug-likeness (QED) is 0.809. The van der Waals surface area contributed by atoms with Crippen LogP contribution in [0, 0.1) is 0 Å². The van der Waals surface area contributed by atoms with Crippen molar-refractivity contribution in [3.8, 4) is 0 Å². The molecule has 1 aromatic rings. The average Bonchev–Trinajstić information content (AvgIpc) is 2.75. The minimum atomic E-state index is -3.32. The molecule has 17 heavy (non-hydrogen) atoms. The van der Waals surface area contributed by atoms with Gasteiger partial charge >= 0.3 is 0 Å². The molecule has 96 valence electrons. The van der Waals surface area contributed by atoms with Crippen LogP contribution in [0.1, 0.15) is 24.3 Å². The fourth-order valence-electron chi connectivity index (χ4n) is 1.31. The Labute approximate surface area is 105 Å². The molecule has 0 aliphatic rings. The Bertz CT molecular complexity index is 454. The maximum atomic E-state index is 11.5. The molecule has 1 aromatic heterocycles. The summed E-state index contributed by atoms with van der Waals surface area (Å²) >= 11 is 1.57. The Balaban J connectivity index is 2.49. The lowest BCUT2D eigenvalue weighted by atomic mass is 10.2. The van der Waals surface area contributed by atoms with Crippen LogP contribution in [-0.4, -0.2) is 27.1 Å². The topological polar surface area (TPSA) is 75.3 Å². The fraction of sp³-hybridized carbons (Fsp3) is 0.500. The van der Waals surface area contributed by atoms with Crippen molar-refractivity contribution in [3.63, 3.8) is 0 Å². The second-order valence-corrected chi connectivity index (χ2v) is 6.45. The van der Waals surface area contributed by atoms with E-state index in [2.05, 4.69) is 10.0 Å². The molecule has 1 rings (SSSR count). The van der Waals surface area contributed by atoms with Crippen molar-refractivity contribution in [3.05, 3.63) is 22.4 Å². The van der Waals surface area contributed by atoms with Gasteiger partial charge in [0.15, 0.2) is 0 Å². The molecule has 1 unspecified atom stereocenters. The van der Waals surface area contributed by atoms with Gasteiger partial charge in [-0.3, -0.25) is 4.79 Å². The molecule has 0 aliphatic heterocycles. The first-order valence-corrected chi connectivity index (χ1v) is 7.97. The van der Waals surface area contributed by atoms with Crippen LogP contribution < -0.4 is 10.0 Å². The van der Waals surface area contributed by atoms with Gasteiger partial charge in [0.25, 0.3) is 0 Å². The molecule has 1 heterocycles. The third kappa shape index (κ3) is 5.29. The summed E-state index contributed by atoms with van der Waals surface area (Å²) < 4.78 is 23.8. The molecule has 0 radical (unpaired) electrons. The Hall–Kier alpha value is -0.920. The molecule has 0 fully saturated rings. The Kier molecular flexibility index (Phi) is 5.10. The number of hydrogen-bond acceptors (Lipinski definition) is 4. The van der Waals surface area contributed by atoms with Gasteiger partial charge in [-0.1, -0.05) is 13.0 Å². The van der Waals surface area contributed by atoms with E-state index in [0.29, 0.717) is 0 Å². The summed E-state index contributed by atoms with van der Waals surface area (Å²) in [6.45, 7) is 1.75. The molecule has 0 bridgehead atoms. The predicted molar refractivity (Wildman–Crippen MR) is 68.3 cm³/mol. The summed E-state index contributed by atoms with van der Waals surface area (Å²) in [5.74, 6) is -0.323. The summed E-state index contributed by atoms with van der Waals surface area (Å²) in [6.07, 6.45) is 1.79. The van der Waals surface area contributed by atoms with E-state index < -0.39 is 10.0 Å². The van der Waals surface area contributed by atoms with E-state index >= 15 is 0 Å². The predicted octanol–water partition coefficient (Wildman–Crippen LogP) is 0.865. The van der Waals surface area contributed by atoms with E-state index in [4.69, 9.17) is 0 Å². The van der Waals surface area contributed by atoms with Crippen LogP contribution in [0.25, 0.3) is 0 Å². The molecule has 5 nitrogen and oxygen atoms in total. The molecule has 2 N–H and O–H groups in total. The van der Waals surface area contributed by atoms with Crippen molar-refractivity contribution in [2.45, 2.75) is 19.4 Å². The number of sulfonamides is 1. The highest BCUT2D eigenvalue weighted by molar-refractivity contribution is 7.88. The molecular weight excluding hydrogens is 260 g/mol. The van der Waals surface area contributed by atoms with Crippen LogP contribution in [0.5, 0.6) is 0 Å². The third-order valence-electron chi connectivity index (χ3n) is 2.13. The zero-order valence-electron chi connectivity index (χ0n) is 9.76. The molecule has 0 aliphatic carbocycles. The van der Waals surface area contributed by atoms with Crippen LogP contribution in [0.4, 0.5) is 0 Å². The van der Waals surface area contributed by atoms with Gasteiger partial charge in [-0.15, -0.1) is 11.3 Å². The lowest BCUT2D eigenvalue weighted by Gasteiger charge is -2.15. The number of carbonyl (C=O) groups is 1. The highest BCUT2D eigenvalue weighted by Crippen LogP contribution is 2.21. The van der Waals surface area contributed by atoms with Gasteiger partial charge in [0.2, 0.25) is 15.9 Å². The number of rotatable bonds is 6. The van der Waals surface area contributed by atoms with E-state index in [-0.39, 0.29) is 18.5 Å². The first-order valence-electron chi connectivity index (χ1n) is 5.19. The van der Waals surface area contributed by atoms with Crippen molar-refractivity contribution < 1.29 is 13.2 Å². The molecule has 0 aromatic carbocycles. The van der Waals surface area contributed by atoms with Crippen molar-refractivity contribution in [1.82, 2.24) is 10.0 Å². The number of carbonyl (C=O) groups excluding carboxylic acids is 1. The maximum Gasteiger partial charge on any atom is 0.235 e. The summed E-state index contributed by atoms with van der Waals surface area (Å²) in [7, 11) is -3.32. The van der Waals surface area contributed by atoms with Gasteiger partial charge in [-0.05, 0) is 17.9 Å². The fourth-order valence-corrected chi connectivity index (χ4v) is 2.56. The van der Waals surface area contributed by atoms with E-state index in [0.717, 1.165) is 17.6 Å². The SMILES string of the molecule is CCC(NC(=O)CNS(C)(=O)=O)c1cccs1. The van der Waals surface area contributed by atoms with E-state index in [1.807, 2.05) is 24.4 Å². The molecule has 0 spiro atoms. The van der Waals surface area contributed by atoms with Crippen molar-refractivity contribution in [1.29, 1.82) is 0 Å². The zero-order chi connectivity index (χ0) is 12.9. The van der Waals surface area contributed by atoms with Crippen molar-refractivity contribution >= 4 is 27.3 Å². The van der Waals surface area contributed by atoms with Crippen molar-refractivity contribution in [2.75, 3.05) is 12.8 Å². The van der Waals surface area contributed by atoms with E-state index in [1.54, 1.807) is 11.3 Å². The van der Waals surface area contributed by atoms with Crippen LogP contribution in [0.2, 0.25) is 0 Å². The van der Waals surface area contributed by atoms with Gasteiger partial charge in [-0.25, -0.2) is 13.1 Å². The second-order valence-electron chi connectivity index (χ2n) is 3.64. The van der Waals surface area contributed by atoms with E-state index in [1.165, 1.54) is 0 Å². The molecule has 1 amide bonds. The Morgan fingerprint density at radius 2 is 2.24 bits per heavy atom. The third-order valence-corrected chi connectivity index (χ3v) is 3.78. The smallest absolute Gasteiger partial charge is 0.235 e. The molecule has 1 atom stereocenters. The minimum Gasteiger partial charge on any atom is -0.347 e. The average molecular weight is 276 g/mol. The molecule has 0 saturated carbocycles. The first kappa shape index (κ1) is 14.1.